The lowest BCUT2D eigenvalue weighted by molar-refractivity contribution is -0.149. The fourth-order valence-corrected chi connectivity index (χ4v) is 4.72. The van der Waals surface area contributed by atoms with Crippen molar-refractivity contribution < 1.29 is 43.4 Å². The molecule has 2 aromatic rings. The highest BCUT2D eigenvalue weighted by Gasteiger charge is 2.34. The lowest BCUT2D eigenvalue weighted by Crippen LogP contribution is -2.54. The number of carboxylic acids is 1. The van der Waals surface area contributed by atoms with Crippen molar-refractivity contribution in [2.75, 3.05) is 0 Å². The molecule has 13 heteroatoms. The summed E-state index contributed by atoms with van der Waals surface area (Å²) in [5.74, 6) is -3.25. The van der Waals surface area contributed by atoms with E-state index in [1.165, 1.54) is 12.3 Å². The molecular formula is C22H28N3O9P. The second-order valence-corrected chi connectivity index (χ2v) is 10.3. The number of fused-ring (bicyclic) bond motifs is 1. The minimum atomic E-state index is -4.70. The zero-order valence-corrected chi connectivity index (χ0v) is 20.1. The van der Waals surface area contributed by atoms with Gasteiger partial charge in [0.1, 0.15) is 12.1 Å². The predicted molar refractivity (Wildman–Crippen MR) is 123 cm³/mol. The van der Waals surface area contributed by atoms with Gasteiger partial charge in [0.05, 0.1) is 5.52 Å². The minimum Gasteiger partial charge on any atom is -0.480 e. The molecule has 1 aromatic carbocycles. The quantitative estimate of drug-likeness (QED) is 0.230. The number of hydrogen-bond acceptors (Lipinski definition) is 6. The number of rotatable bonds is 10. The van der Waals surface area contributed by atoms with Crippen molar-refractivity contribution in [1.82, 2.24) is 15.0 Å². The number of esters is 1. The van der Waals surface area contributed by atoms with Crippen molar-refractivity contribution in [2.45, 2.75) is 57.7 Å². The molecule has 2 heterocycles. The van der Waals surface area contributed by atoms with Crippen LogP contribution in [0.25, 0.3) is 10.9 Å². The van der Waals surface area contributed by atoms with Gasteiger partial charge in [-0.3, -0.25) is 18.7 Å². The Morgan fingerprint density at radius 3 is 2.43 bits per heavy atom. The van der Waals surface area contributed by atoms with E-state index < -0.39 is 49.7 Å². The van der Waals surface area contributed by atoms with Crippen LogP contribution in [0.3, 0.4) is 0 Å². The number of benzene rings is 1. The van der Waals surface area contributed by atoms with Gasteiger partial charge >= 0.3 is 19.7 Å². The van der Waals surface area contributed by atoms with Gasteiger partial charge in [-0.25, -0.2) is 9.36 Å². The zero-order valence-electron chi connectivity index (χ0n) is 19.2. The third kappa shape index (κ3) is 6.47. The Labute approximate surface area is 200 Å². The van der Waals surface area contributed by atoms with E-state index in [0.717, 1.165) is 4.34 Å². The van der Waals surface area contributed by atoms with Gasteiger partial charge in [0.2, 0.25) is 5.91 Å². The molecular weight excluding hydrogens is 481 g/mol. The highest BCUT2D eigenvalue weighted by molar-refractivity contribution is 7.50. The van der Waals surface area contributed by atoms with Gasteiger partial charge in [0.15, 0.2) is 6.10 Å². The summed E-state index contributed by atoms with van der Waals surface area (Å²) in [6, 6.07) is 3.83. The van der Waals surface area contributed by atoms with E-state index >= 15 is 0 Å². The van der Waals surface area contributed by atoms with Crippen LogP contribution in [0.5, 0.6) is 0 Å². The maximum Gasteiger partial charge on any atom is 0.434 e. The number of carbonyl (C=O) groups is 4. The molecule has 1 aromatic heterocycles. The summed E-state index contributed by atoms with van der Waals surface area (Å²) in [7, 11) is -4.70. The fraction of sp³-hybridized carbons (Fsp3) is 0.455. The molecule has 35 heavy (non-hydrogen) atoms. The van der Waals surface area contributed by atoms with Crippen LogP contribution in [0.15, 0.2) is 30.5 Å². The molecule has 0 spiro atoms. The summed E-state index contributed by atoms with van der Waals surface area (Å²) in [5.41, 5.74) is 0.543. The van der Waals surface area contributed by atoms with Crippen LogP contribution in [-0.2, 0) is 34.9 Å². The van der Waals surface area contributed by atoms with E-state index in [2.05, 4.69) is 10.6 Å². The second kappa shape index (κ2) is 10.6. The minimum absolute atomic E-state index is 0.0262. The van der Waals surface area contributed by atoms with Crippen molar-refractivity contribution >= 4 is 42.4 Å². The maximum atomic E-state index is 13.0. The van der Waals surface area contributed by atoms with Crippen molar-refractivity contribution in [1.29, 1.82) is 0 Å². The molecule has 12 nitrogen and oxygen atoms in total. The van der Waals surface area contributed by atoms with Gasteiger partial charge in [0, 0.05) is 30.8 Å². The molecule has 0 radical (unpaired) electrons. The molecule has 0 unspecified atom stereocenters. The van der Waals surface area contributed by atoms with E-state index in [4.69, 9.17) is 4.74 Å². The van der Waals surface area contributed by atoms with E-state index in [1.807, 2.05) is 13.8 Å². The summed E-state index contributed by atoms with van der Waals surface area (Å²) < 4.78 is 17.6. The average Bonchev–Trinajstić information content (AvgIpc) is 3.36. The van der Waals surface area contributed by atoms with Gasteiger partial charge < -0.3 is 30.3 Å². The molecule has 3 rings (SSSR count). The van der Waals surface area contributed by atoms with Crippen molar-refractivity contribution in [3.05, 3.63) is 36.0 Å². The highest BCUT2D eigenvalue weighted by atomic mass is 31.2. The van der Waals surface area contributed by atoms with Gasteiger partial charge in [-0.1, -0.05) is 32.0 Å². The first-order valence-electron chi connectivity index (χ1n) is 11.0. The van der Waals surface area contributed by atoms with Crippen LogP contribution in [0.2, 0.25) is 0 Å². The van der Waals surface area contributed by atoms with E-state index in [9.17, 15) is 38.6 Å². The van der Waals surface area contributed by atoms with Crippen LogP contribution >= 0.6 is 7.75 Å². The van der Waals surface area contributed by atoms with Crippen molar-refractivity contribution in [3.8, 4) is 0 Å². The Morgan fingerprint density at radius 1 is 1.17 bits per heavy atom. The van der Waals surface area contributed by atoms with E-state index in [1.54, 1.807) is 18.2 Å². The van der Waals surface area contributed by atoms with Gasteiger partial charge in [-0.2, -0.15) is 0 Å². The largest absolute Gasteiger partial charge is 0.480 e. The third-order valence-electron chi connectivity index (χ3n) is 5.61. The first-order chi connectivity index (χ1) is 16.4. The number of carboxylic acid groups (broad SMARTS) is 1. The maximum absolute atomic E-state index is 13.0. The van der Waals surface area contributed by atoms with Crippen LogP contribution in [-0.4, -0.2) is 61.2 Å². The standard InChI is InChI=1S/C22H28N3O9P/c1-12(2)9-15(23-21(28)18-7-8-19(26)34-18)20(27)24-16(22(29)30)10-13-11-25(35(31,32)33)17-6-4-3-5-14(13)17/h3-6,11-12,15-16,18H,7-10H2,1-2H3,(H,23,28)(H,24,27)(H,29,30)(H2,31,32,33)/t15-,16-,18-/m0/s1. The van der Waals surface area contributed by atoms with Crippen molar-refractivity contribution in [3.63, 3.8) is 0 Å². The number of aromatic nitrogens is 1. The number of nitrogens with one attached hydrogen (secondary N) is 2. The molecule has 0 bridgehead atoms. The summed E-state index contributed by atoms with van der Waals surface area (Å²) in [6.07, 6.45) is 0.429. The summed E-state index contributed by atoms with van der Waals surface area (Å²) in [4.78, 5) is 68.1. The van der Waals surface area contributed by atoms with Crippen LogP contribution in [0.1, 0.15) is 38.7 Å². The first-order valence-corrected chi connectivity index (χ1v) is 12.6. The lowest BCUT2D eigenvalue weighted by Gasteiger charge is -2.23. The highest BCUT2D eigenvalue weighted by Crippen LogP contribution is 2.42. The molecule has 1 fully saturated rings. The summed E-state index contributed by atoms with van der Waals surface area (Å²) in [5, 5.41) is 15.2. The Hall–Kier alpha value is -3.21. The fourth-order valence-electron chi connectivity index (χ4n) is 3.98. The normalized spacial score (nSPS) is 17.7. The van der Waals surface area contributed by atoms with Crippen LogP contribution in [0.4, 0.5) is 0 Å². The topological polar surface area (TPSA) is 184 Å². The van der Waals surface area contributed by atoms with Gasteiger partial charge in [0.25, 0.3) is 5.91 Å². The smallest absolute Gasteiger partial charge is 0.434 e. The van der Waals surface area contributed by atoms with E-state index in [-0.39, 0.29) is 37.1 Å². The monoisotopic (exact) mass is 509 g/mol. The summed E-state index contributed by atoms with van der Waals surface area (Å²) >= 11 is 0. The molecule has 0 saturated carbocycles. The molecule has 5 N–H and O–H groups in total. The number of nitrogens with zero attached hydrogens (tertiary/aromatic N) is 1. The zero-order chi connectivity index (χ0) is 25.9. The number of ether oxygens (including phenoxy) is 1. The number of cyclic esters (lactones) is 1. The molecule has 3 atom stereocenters. The molecule has 0 aliphatic carbocycles. The number of aliphatic carboxylic acids is 1. The molecule has 1 saturated heterocycles. The molecule has 2 amide bonds. The molecule has 1 aliphatic rings. The number of carbonyl (C=O) groups excluding carboxylic acids is 3. The number of para-hydroxylation sites is 1. The number of amides is 2. The second-order valence-electron chi connectivity index (χ2n) is 8.84. The van der Waals surface area contributed by atoms with Crippen LogP contribution < -0.4 is 10.6 Å². The molecule has 190 valence electrons. The molecule has 1 aliphatic heterocycles. The summed E-state index contributed by atoms with van der Waals surface area (Å²) in [6.45, 7) is 3.65. The number of hydrogen-bond donors (Lipinski definition) is 5. The van der Waals surface area contributed by atoms with E-state index in [0.29, 0.717) is 10.9 Å². The van der Waals surface area contributed by atoms with Gasteiger partial charge in [-0.15, -0.1) is 0 Å². The lowest BCUT2D eigenvalue weighted by atomic mass is 10.0. The first kappa shape index (κ1) is 26.4. The van der Waals surface area contributed by atoms with Crippen LogP contribution in [0, 0.1) is 5.92 Å². The predicted octanol–water partition coefficient (Wildman–Crippen LogP) is 0.930. The Morgan fingerprint density at radius 2 is 1.86 bits per heavy atom. The Balaban J connectivity index is 1.80. The SMILES string of the molecule is CC(C)C[C@H](NC(=O)[C@@H]1CCC(=O)O1)C(=O)N[C@@H](Cc1cn(P(=O)(O)O)c2ccccc12)C(=O)O. The Bertz CT molecular complexity index is 1190. The van der Waals surface area contributed by atoms with Crippen molar-refractivity contribution in [2.24, 2.45) is 5.92 Å². The average molecular weight is 509 g/mol. The Kier molecular flexibility index (Phi) is 7.99. The third-order valence-corrected chi connectivity index (χ3v) is 6.50. The van der Waals surface area contributed by atoms with Gasteiger partial charge in [-0.05, 0) is 24.0 Å².